The summed E-state index contributed by atoms with van der Waals surface area (Å²) < 4.78 is 11.0. The number of carboxylic acid groups (broad SMARTS) is 1. The molecule has 1 aromatic rings. The molecule has 2 amide bonds. The van der Waals surface area contributed by atoms with Gasteiger partial charge in [0.25, 0.3) is 0 Å². The second kappa shape index (κ2) is 13.5. The van der Waals surface area contributed by atoms with Crippen LogP contribution in [0.3, 0.4) is 0 Å². The summed E-state index contributed by atoms with van der Waals surface area (Å²) in [6, 6.07) is 7.63. The number of hydrogen-bond donors (Lipinski definition) is 2. The van der Waals surface area contributed by atoms with E-state index in [9.17, 15) is 9.59 Å². The number of nitrogens with one attached hydrogen (secondary N) is 1. The molecule has 1 aliphatic rings. The van der Waals surface area contributed by atoms with Crippen LogP contribution in [-0.2, 0) is 9.53 Å². The smallest absolute Gasteiger partial charge is 0.322 e. The lowest BCUT2D eigenvalue weighted by atomic mass is 9.99. The van der Waals surface area contributed by atoms with Crippen LogP contribution in [0.2, 0.25) is 0 Å². The van der Waals surface area contributed by atoms with Gasteiger partial charge in [-0.2, -0.15) is 0 Å². The Balaban J connectivity index is 0.000000804. The molecule has 7 nitrogen and oxygen atoms in total. The van der Waals surface area contributed by atoms with E-state index in [-0.39, 0.29) is 12.5 Å². The topological polar surface area (TPSA) is 88.1 Å². The molecule has 0 radical (unpaired) electrons. The van der Waals surface area contributed by atoms with Gasteiger partial charge in [-0.1, -0.05) is 52.2 Å². The molecule has 2 N–H and O–H groups in total. The van der Waals surface area contributed by atoms with Crippen LogP contribution in [0.1, 0.15) is 58.4 Å². The van der Waals surface area contributed by atoms with Crippen LogP contribution < -0.4 is 10.1 Å². The second-order valence-electron chi connectivity index (χ2n) is 7.19. The van der Waals surface area contributed by atoms with E-state index in [0.717, 1.165) is 30.0 Å². The summed E-state index contributed by atoms with van der Waals surface area (Å²) in [7, 11) is 3.26. The van der Waals surface area contributed by atoms with E-state index in [1.807, 2.05) is 29.2 Å². The quantitative estimate of drug-likeness (QED) is 0.534. The van der Waals surface area contributed by atoms with Gasteiger partial charge in [0.15, 0.2) is 5.76 Å². The number of rotatable bonds is 10. The number of benzene rings is 1. The van der Waals surface area contributed by atoms with E-state index in [4.69, 9.17) is 14.6 Å². The third-order valence-corrected chi connectivity index (χ3v) is 5.05. The molecule has 168 valence electrons. The molecule has 1 heterocycles. The van der Waals surface area contributed by atoms with Gasteiger partial charge in [-0.25, -0.2) is 4.79 Å². The predicted octanol–water partition coefficient (Wildman–Crippen LogP) is 4.73. The molecule has 1 unspecified atom stereocenters. The molecule has 1 aromatic carbocycles. The number of ether oxygens (including phenoxy) is 2. The molecule has 2 rings (SSSR count). The summed E-state index contributed by atoms with van der Waals surface area (Å²) in [4.78, 5) is 23.7. The summed E-state index contributed by atoms with van der Waals surface area (Å²) in [5, 5.41) is 10.7. The number of para-hydroxylation sites is 1. The zero-order valence-electron chi connectivity index (χ0n) is 18.9. The summed E-state index contributed by atoms with van der Waals surface area (Å²) in [5.41, 5.74) is 1.64. The third kappa shape index (κ3) is 7.61. The lowest BCUT2D eigenvalue weighted by Gasteiger charge is -2.21. The highest BCUT2D eigenvalue weighted by Crippen LogP contribution is 2.30. The maximum absolute atomic E-state index is 12.4. The van der Waals surface area contributed by atoms with Crippen LogP contribution in [0, 0.1) is 5.92 Å². The SMILES string of the molecule is CCC(=O)O.CCCCC(CC)CN1CC(=C(OC)c2ccccc2OC)NC1=O. The standard InChI is InChI=1S/C20H30N2O3.C3H6O2/c1-5-7-10-15(6-2)13-22-14-17(21-20(22)23)19(25-4)16-11-8-9-12-18(16)24-3;1-2-3(4)5/h8-9,11-12,15H,5-7,10,13-14H2,1-4H3,(H,21,23);2H2,1H3,(H,4,5). The van der Waals surface area contributed by atoms with Crippen LogP contribution in [0.4, 0.5) is 4.79 Å². The van der Waals surface area contributed by atoms with Gasteiger partial charge in [0.1, 0.15) is 5.75 Å². The van der Waals surface area contributed by atoms with Gasteiger partial charge >= 0.3 is 12.0 Å². The van der Waals surface area contributed by atoms with Gasteiger partial charge in [-0.3, -0.25) is 4.79 Å². The summed E-state index contributed by atoms with van der Waals surface area (Å²) in [6.45, 7) is 7.33. The number of carbonyl (C=O) groups is 2. The first-order valence-corrected chi connectivity index (χ1v) is 10.6. The number of unbranched alkanes of at least 4 members (excludes halogenated alkanes) is 1. The average molecular weight is 421 g/mol. The number of carboxylic acids is 1. The number of amides is 2. The van der Waals surface area contributed by atoms with Crippen LogP contribution >= 0.6 is 0 Å². The Bertz CT molecular complexity index is 717. The van der Waals surface area contributed by atoms with Gasteiger partial charge in [0.05, 0.1) is 32.0 Å². The monoisotopic (exact) mass is 420 g/mol. The summed E-state index contributed by atoms with van der Waals surface area (Å²) >= 11 is 0. The van der Waals surface area contributed by atoms with Crippen LogP contribution in [0.25, 0.3) is 5.76 Å². The molecule has 30 heavy (non-hydrogen) atoms. The number of hydrogen-bond acceptors (Lipinski definition) is 4. The minimum atomic E-state index is -0.745. The van der Waals surface area contributed by atoms with Crippen LogP contribution in [-0.4, -0.2) is 49.3 Å². The van der Waals surface area contributed by atoms with E-state index in [1.54, 1.807) is 21.1 Å². The first-order valence-electron chi connectivity index (χ1n) is 10.6. The number of urea groups is 1. The van der Waals surface area contributed by atoms with Crippen molar-refractivity contribution in [1.82, 2.24) is 10.2 Å². The van der Waals surface area contributed by atoms with Crippen molar-refractivity contribution in [2.24, 2.45) is 5.92 Å². The highest BCUT2D eigenvalue weighted by molar-refractivity contribution is 5.83. The number of nitrogens with zero attached hydrogens (tertiary/aromatic N) is 1. The van der Waals surface area contributed by atoms with Crippen molar-refractivity contribution < 1.29 is 24.2 Å². The first-order chi connectivity index (χ1) is 14.4. The highest BCUT2D eigenvalue weighted by atomic mass is 16.5. The van der Waals surface area contributed by atoms with E-state index < -0.39 is 5.97 Å². The fraction of sp³-hybridized carbons (Fsp3) is 0.565. The molecule has 0 aliphatic carbocycles. The van der Waals surface area contributed by atoms with E-state index in [0.29, 0.717) is 18.2 Å². The number of methoxy groups -OCH3 is 2. The largest absolute Gasteiger partial charge is 0.496 e. The number of aliphatic carboxylic acids is 1. The van der Waals surface area contributed by atoms with Gasteiger partial charge in [0.2, 0.25) is 0 Å². The summed E-state index contributed by atoms with van der Waals surface area (Å²) in [6.07, 6.45) is 4.88. The molecule has 1 fully saturated rings. The fourth-order valence-electron chi connectivity index (χ4n) is 3.24. The highest BCUT2D eigenvalue weighted by Gasteiger charge is 2.29. The van der Waals surface area contributed by atoms with Crippen LogP contribution in [0.15, 0.2) is 30.0 Å². The summed E-state index contributed by atoms with van der Waals surface area (Å²) in [5.74, 6) is 1.19. The van der Waals surface area contributed by atoms with Gasteiger partial charge < -0.3 is 24.8 Å². The third-order valence-electron chi connectivity index (χ3n) is 5.05. The maximum Gasteiger partial charge on any atom is 0.322 e. The van der Waals surface area contributed by atoms with Gasteiger partial charge in [-0.15, -0.1) is 0 Å². The predicted molar refractivity (Wildman–Crippen MR) is 118 cm³/mol. The van der Waals surface area contributed by atoms with Gasteiger partial charge in [-0.05, 0) is 24.5 Å². The molecule has 1 aliphatic heterocycles. The molecule has 0 saturated carbocycles. The van der Waals surface area contributed by atoms with Crippen molar-refractivity contribution in [1.29, 1.82) is 0 Å². The molecule has 0 bridgehead atoms. The van der Waals surface area contributed by atoms with Crippen molar-refractivity contribution in [3.05, 3.63) is 35.5 Å². The average Bonchev–Trinajstić information content (AvgIpc) is 3.12. The van der Waals surface area contributed by atoms with E-state index in [2.05, 4.69) is 19.2 Å². The zero-order valence-corrected chi connectivity index (χ0v) is 18.9. The Morgan fingerprint density at radius 2 is 1.90 bits per heavy atom. The Labute approximate surface area is 180 Å². The van der Waals surface area contributed by atoms with Crippen molar-refractivity contribution in [3.8, 4) is 5.75 Å². The first kappa shape index (κ1) is 25.3. The molecule has 1 saturated heterocycles. The van der Waals surface area contributed by atoms with Gasteiger partial charge in [0, 0.05) is 13.0 Å². The van der Waals surface area contributed by atoms with Crippen molar-refractivity contribution >= 4 is 17.8 Å². The molecular formula is C23H36N2O5. The molecule has 0 spiro atoms. The van der Waals surface area contributed by atoms with E-state index >= 15 is 0 Å². The molecular weight excluding hydrogens is 384 g/mol. The number of carbonyl (C=O) groups excluding carboxylic acids is 1. The minimum absolute atomic E-state index is 0.0469. The second-order valence-corrected chi connectivity index (χ2v) is 7.19. The Morgan fingerprint density at radius 3 is 2.43 bits per heavy atom. The fourth-order valence-corrected chi connectivity index (χ4v) is 3.24. The van der Waals surface area contributed by atoms with E-state index in [1.165, 1.54) is 19.3 Å². The molecule has 7 heteroatoms. The lowest BCUT2D eigenvalue weighted by molar-refractivity contribution is -0.136. The van der Waals surface area contributed by atoms with Crippen molar-refractivity contribution in [2.75, 3.05) is 27.3 Å². The van der Waals surface area contributed by atoms with Crippen molar-refractivity contribution in [3.63, 3.8) is 0 Å². The molecule has 0 aromatic heterocycles. The maximum atomic E-state index is 12.4. The van der Waals surface area contributed by atoms with Crippen LogP contribution in [0.5, 0.6) is 5.75 Å². The van der Waals surface area contributed by atoms with Crippen molar-refractivity contribution in [2.45, 2.75) is 52.9 Å². The Morgan fingerprint density at radius 1 is 1.23 bits per heavy atom. The lowest BCUT2D eigenvalue weighted by Crippen LogP contribution is -2.32. The Hall–Kier alpha value is -2.70. The molecule has 1 atom stereocenters. The zero-order chi connectivity index (χ0) is 22.5. The Kier molecular flexibility index (Phi) is 11.4. The normalized spacial score (nSPS) is 15.6. The minimum Gasteiger partial charge on any atom is -0.496 e.